The van der Waals surface area contributed by atoms with Crippen molar-refractivity contribution in [2.24, 2.45) is 17.8 Å². The molecule has 20 heavy (non-hydrogen) atoms. The number of nitrogens with one attached hydrogen (secondary N) is 1. The van der Waals surface area contributed by atoms with Gasteiger partial charge in [0.05, 0.1) is 18.3 Å². The summed E-state index contributed by atoms with van der Waals surface area (Å²) < 4.78 is 0. The number of rotatable bonds is 3. The SMILES string of the molecule is CC1C[C@H](C(=O)NC2CC(=O)N(C)C2=O)[C@H](C(=O)O)C1. The number of likely N-dealkylation sites (tertiary alicyclic amines) is 1. The number of carbonyl (C=O) groups excluding carboxylic acids is 3. The summed E-state index contributed by atoms with van der Waals surface area (Å²) in [4.78, 5) is 47.4. The minimum atomic E-state index is -0.986. The molecule has 1 saturated carbocycles. The molecule has 2 rings (SSSR count). The third-order valence-electron chi connectivity index (χ3n) is 4.15. The molecule has 4 atom stereocenters. The molecule has 1 aliphatic carbocycles. The zero-order valence-corrected chi connectivity index (χ0v) is 11.5. The Morgan fingerprint density at radius 3 is 2.35 bits per heavy atom. The van der Waals surface area contributed by atoms with Gasteiger partial charge in [-0.2, -0.15) is 0 Å². The summed E-state index contributed by atoms with van der Waals surface area (Å²) in [6, 6.07) is -0.856. The van der Waals surface area contributed by atoms with Gasteiger partial charge in [-0.1, -0.05) is 6.92 Å². The van der Waals surface area contributed by atoms with Gasteiger partial charge in [0.25, 0.3) is 5.91 Å². The van der Waals surface area contributed by atoms with Crippen molar-refractivity contribution in [2.45, 2.75) is 32.2 Å². The first-order valence-corrected chi connectivity index (χ1v) is 6.64. The number of carboxylic acid groups (broad SMARTS) is 1. The smallest absolute Gasteiger partial charge is 0.307 e. The standard InChI is InChI=1S/C13H18N2O5/c1-6-3-7(8(4-6)13(19)20)11(17)14-9-5-10(16)15(2)12(9)18/h6-9H,3-5H2,1-2H3,(H,14,17)(H,19,20)/t6?,7-,8+,9?/m0/s1. The van der Waals surface area contributed by atoms with E-state index < -0.39 is 35.7 Å². The first-order chi connectivity index (χ1) is 9.31. The highest BCUT2D eigenvalue weighted by Gasteiger charge is 2.44. The van der Waals surface area contributed by atoms with Gasteiger partial charge in [0, 0.05) is 7.05 Å². The number of carbonyl (C=O) groups is 4. The van der Waals surface area contributed by atoms with Gasteiger partial charge in [0.2, 0.25) is 11.8 Å². The number of nitrogens with zero attached hydrogens (tertiary/aromatic N) is 1. The third-order valence-corrected chi connectivity index (χ3v) is 4.15. The number of aliphatic carboxylic acids is 1. The zero-order valence-electron chi connectivity index (χ0n) is 11.5. The molecule has 0 aromatic heterocycles. The number of amides is 3. The van der Waals surface area contributed by atoms with Crippen LogP contribution in [0.4, 0.5) is 0 Å². The molecule has 3 amide bonds. The van der Waals surface area contributed by atoms with Crippen molar-refractivity contribution >= 4 is 23.7 Å². The summed E-state index contributed by atoms with van der Waals surface area (Å²) in [5.41, 5.74) is 0. The molecule has 2 fully saturated rings. The van der Waals surface area contributed by atoms with Gasteiger partial charge in [0.1, 0.15) is 6.04 Å². The second kappa shape index (κ2) is 5.22. The third kappa shape index (κ3) is 2.52. The topological polar surface area (TPSA) is 104 Å². The van der Waals surface area contributed by atoms with Crippen LogP contribution in [-0.4, -0.2) is 46.8 Å². The minimum absolute atomic E-state index is 0.0545. The van der Waals surface area contributed by atoms with Gasteiger partial charge in [-0.3, -0.25) is 24.1 Å². The average Bonchev–Trinajstić information content (AvgIpc) is 2.87. The minimum Gasteiger partial charge on any atom is -0.481 e. The maximum absolute atomic E-state index is 12.2. The predicted octanol–water partition coefficient (Wildman–Crippen LogP) is -0.393. The lowest BCUT2D eigenvalue weighted by Crippen LogP contribution is -2.44. The van der Waals surface area contributed by atoms with E-state index in [4.69, 9.17) is 5.11 Å². The molecule has 0 aromatic carbocycles. The lowest BCUT2D eigenvalue weighted by molar-refractivity contribution is -0.146. The number of hydrogen-bond donors (Lipinski definition) is 2. The van der Waals surface area contributed by atoms with Crippen molar-refractivity contribution in [1.82, 2.24) is 10.2 Å². The lowest BCUT2D eigenvalue weighted by atomic mass is 9.95. The van der Waals surface area contributed by atoms with Gasteiger partial charge in [-0.25, -0.2) is 0 Å². The molecular weight excluding hydrogens is 264 g/mol. The Morgan fingerprint density at radius 2 is 1.85 bits per heavy atom. The molecule has 0 spiro atoms. The first kappa shape index (κ1) is 14.5. The highest BCUT2D eigenvalue weighted by Crippen LogP contribution is 2.36. The zero-order chi connectivity index (χ0) is 15.0. The molecule has 0 aromatic rings. The van der Waals surface area contributed by atoms with Crippen LogP contribution >= 0.6 is 0 Å². The van der Waals surface area contributed by atoms with Gasteiger partial charge in [-0.15, -0.1) is 0 Å². The highest BCUT2D eigenvalue weighted by molar-refractivity contribution is 6.06. The van der Waals surface area contributed by atoms with E-state index in [2.05, 4.69) is 5.32 Å². The van der Waals surface area contributed by atoms with Gasteiger partial charge >= 0.3 is 5.97 Å². The van der Waals surface area contributed by atoms with Gasteiger partial charge < -0.3 is 10.4 Å². The average molecular weight is 282 g/mol. The Kier molecular flexibility index (Phi) is 3.78. The second-order valence-corrected chi connectivity index (χ2v) is 5.68. The summed E-state index contributed by atoms with van der Waals surface area (Å²) in [6.45, 7) is 1.90. The van der Waals surface area contributed by atoms with Gasteiger partial charge in [-0.05, 0) is 18.8 Å². The fourth-order valence-corrected chi connectivity index (χ4v) is 3.00. The largest absolute Gasteiger partial charge is 0.481 e. The van der Waals surface area contributed by atoms with Crippen molar-refractivity contribution in [1.29, 1.82) is 0 Å². The molecule has 1 aliphatic heterocycles. The monoisotopic (exact) mass is 282 g/mol. The molecule has 2 aliphatic rings. The maximum atomic E-state index is 12.2. The van der Waals surface area contributed by atoms with Crippen molar-refractivity contribution in [3.63, 3.8) is 0 Å². The van der Waals surface area contributed by atoms with Crippen LogP contribution in [0.2, 0.25) is 0 Å². The summed E-state index contributed by atoms with van der Waals surface area (Å²) in [7, 11) is 1.37. The second-order valence-electron chi connectivity index (χ2n) is 5.68. The van der Waals surface area contributed by atoms with Crippen LogP contribution in [0.3, 0.4) is 0 Å². The Morgan fingerprint density at radius 1 is 1.25 bits per heavy atom. The molecular formula is C13H18N2O5. The van der Waals surface area contributed by atoms with E-state index >= 15 is 0 Å². The van der Waals surface area contributed by atoms with Crippen LogP contribution < -0.4 is 5.32 Å². The van der Waals surface area contributed by atoms with Crippen LogP contribution in [0.15, 0.2) is 0 Å². The Balaban J connectivity index is 2.03. The molecule has 0 radical (unpaired) electrons. The Labute approximate surface area is 116 Å². The van der Waals surface area contributed by atoms with E-state index in [9.17, 15) is 19.2 Å². The number of carboxylic acids is 1. The number of hydrogen-bond acceptors (Lipinski definition) is 4. The molecule has 2 unspecified atom stereocenters. The molecule has 1 heterocycles. The lowest BCUT2D eigenvalue weighted by Gasteiger charge is -2.18. The van der Waals surface area contributed by atoms with Crippen molar-refractivity contribution in [3.05, 3.63) is 0 Å². The van der Waals surface area contributed by atoms with Crippen LogP contribution in [0, 0.1) is 17.8 Å². The molecule has 2 N–H and O–H groups in total. The molecule has 0 bridgehead atoms. The fraction of sp³-hybridized carbons (Fsp3) is 0.692. The van der Waals surface area contributed by atoms with E-state index in [1.165, 1.54) is 7.05 Å². The van der Waals surface area contributed by atoms with Crippen LogP contribution in [0.1, 0.15) is 26.2 Å². The Hall–Kier alpha value is -1.92. The van der Waals surface area contributed by atoms with Crippen molar-refractivity contribution < 1.29 is 24.3 Å². The fourth-order valence-electron chi connectivity index (χ4n) is 3.00. The summed E-state index contributed by atoms with van der Waals surface area (Å²) in [5.74, 6) is -3.39. The summed E-state index contributed by atoms with van der Waals surface area (Å²) in [6.07, 6.45) is 0.902. The van der Waals surface area contributed by atoms with Crippen LogP contribution in [-0.2, 0) is 19.2 Å². The van der Waals surface area contributed by atoms with E-state index in [0.29, 0.717) is 12.8 Å². The molecule has 110 valence electrons. The molecule has 1 saturated heterocycles. The van der Waals surface area contributed by atoms with Crippen molar-refractivity contribution in [3.8, 4) is 0 Å². The number of imide groups is 1. The molecule has 7 heteroatoms. The molecule has 7 nitrogen and oxygen atoms in total. The normalized spacial score (nSPS) is 33.6. The summed E-state index contributed by atoms with van der Waals surface area (Å²) in [5, 5.41) is 11.7. The highest BCUT2D eigenvalue weighted by atomic mass is 16.4. The van der Waals surface area contributed by atoms with Crippen LogP contribution in [0.5, 0.6) is 0 Å². The Bertz CT molecular complexity index is 475. The van der Waals surface area contributed by atoms with E-state index in [0.717, 1.165) is 4.90 Å². The van der Waals surface area contributed by atoms with E-state index in [1.807, 2.05) is 6.92 Å². The van der Waals surface area contributed by atoms with E-state index in [-0.39, 0.29) is 18.2 Å². The van der Waals surface area contributed by atoms with Gasteiger partial charge in [0.15, 0.2) is 0 Å². The summed E-state index contributed by atoms with van der Waals surface area (Å²) >= 11 is 0. The quantitative estimate of drug-likeness (QED) is 0.686. The van der Waals surface area contributed by atoms with Crippen molar-refractivity contribution in [2.75, 3.05) is 7.05 Å². The first-order valence-electron chi connectivity index (χ1n) is 6.64. The van der Waals surface area contributed by atoms with Crippen LogP contribution in [0.25, 0.3) is 0 Å². The van der Waals surface area contributed by atoms with E-state index in [1.54, 1.807) is 0 Å². The predicted molar refractivity (Wildman–Crippen MR) is 67.3 cm³/mol. The maximum Gasteiger partial charge on any atom is 0.307 e. The number of likely N-dealkylation sites (N-methyl/N-ethyl adjacent to an activating group) is 1.